The third-order valence-corrected chi connectivity index (χ3v) is 5.98. The number of aromatic nitrogens is 4. The van der Waals surface area contributed by atoms with Crippen molar-refractivity contribution in [1.29, 1.82) is 0 Å². The minimum atomic E-state index is 0. The van der Waals surface area contributed by atoms with E-state index in [0.29, 0.717) is 0 Å². The lowest BCUT2D eigenvalue weighted by Gasteiger charge is -2.34. The predicted molar refractivity (Wildman–Crippen MR) is 133 cm³/mol. The van der Waals surface area contributed by atoms with Gasteiger partial charge in [-0.2, -0.15) is 5.10 Å². The Hall–Kier alpha value is -3.16. The fourth-order valence-corrected chi connectivity index (χ4v) is 4.03. The van der Waals surface area contributed by atoms with Crippen LogP contribution in [-0.4, -0.2) is 58.3 Å². The summed E-state index contributed by atoms with van der Waals surface area (Å²) >= 11 is 0. The van der Waals surface area contributed by atoms with Gasteiger partial charge in [-0.3, -0.25) is 10.1 Å². The van der Waals surface area contributed by atoms with Crippen molar-refractivity contribution in [3.8, 4) is 11.1 Å². The van der Waals surface area contributed by atoms with Gasteiger partial charge in [0.1, 0.15) is 5.82 Å². The summed E-state index contributed by atoms with van der Waals surface area (Å²) in [6.45, 7) is 6.51. The molecule has 7 nitrogen and oxygen atoms in total. The van der Waals surface area contributed by atoms with E-state index in [1.54, 1.807) is 0 Å². The van der Waals surface area contributed by atoms with Crippen LogP contribution in [0.5, 0.6) is 0 Å². The van der Waals surface area contributed by atoms with Gasteiger partial charge < -0.3 is 15.1 Å². The van der Waals surface area contributed by atoms with E-state index in [2.05, 4.69) is 74.6 Å². The zero-order valence-corrected chi connectivity index (χ0v) is 19.1. The topological polar surface area (TPSA) is 73.0 Å². The van der Waals surface area contributed by atoms with Crippen LogP contribution in [0.15, 0.2) is 61.1 Å². The Labute approximate surface area is 194 Å². The van der Waals surface area contributed by atoms with Crippen molar-refractivity contribution in [2.24, 2.45) is 0 Å². The number of nitrogens with one attached hydrogen (secondary N) is 2. The largest absolute Gasteiger partial charge is 0.369 e. The third-order valence-electron chi connectivity index (χ3n) is 5.98. The normalized spacial score (nSPS) is 15.4. The smallest absolute Gasteiger partial charge is 0.145 e. The van der Waals surface area contributed by atoms with Gasteiger partial charge in [-0.15, -0.1) is 12.4 Å². The number of aromatic amines is 1. The summed E-state index contributed by atoms with van der Waals surface area (Å²) in [6.07, 6.45) is 5.49. The van der Waals surface area contributed by atoms with Crippen molar-refractivity contribution in [2.75, 3.05) is 43.4 Å². The molecule has 0 bridgehead atoms. The third kappa shape index (κ3) is 4.69. The number of H-pyrrole nitrogens is 1. The molecule has 2 aromatic carbocycles. The lowest BCUT2D eigenvalue weighted by molar-refractivity contribution is 0.313. The Balaban J connectivity index is 0.00000245. The van der Waals surface area contributed by atoms with E-state index in [1.807, 2.05) is 30.7 Å². The summed E-state index contributed by atoms with van der Waals surface area (Å²) in [5.41, 5.74) is 6.39. The molecule has 0 aliphatic carbocycles. The van der Waals surface area contributed by atoms with Gasteiger partial charge in [0.25, 0.3) is 0 Å². The van der Waals surface area contributed by atoms with E-state index in [0.717, 1.165) is 54.2 Å². The number of hydrogen-bond donors (Lipinski definition) is 2. The molecule has 2 N–H and O–H groups in total. The highest BCUT2D eigenvalue weighted by atomic mass is 35.5. The summed E-state index contributed by atoms with van der Waals surface area (Å²) in [6, 6.07) is 15.0. The second-order valence-corrected chi connectivity index (χ2v) is 8.20. The summed E-state index contributed by atoms with van der Waals surface area (Å²) in [4.78, 5) is 14.2. The first-order chi connectivity index (χ1) is 15.2. The highest BCUT2D eigenvalue weighted by Gasteiger charge is 2.16. The highest BCUT2D eigenvalue weighted by Crippen LogP contribution is 2.26. The van der Waals surface area contributed by atoms with Gasteiger partial charge in [0.05, 0.1) is 29.5 Å². The fraction of sp³-hybridized carbons (Fsp3) is 0.292. The monoisotopic (exact) mass is 449 g/mol. The van der Waals surface area contributed by atoms with Crippen LogP contribution >= 0.6 is 12.4 Å². The number of benzene rings is 2. The summed E-state index contributed by atoms with van der Waals surface area (Å²) in [5.74, 6) is 0.779. The molecule has 1 aliphatic rings. The van der Waals surface area contributed by atoms with Gasteiger partial charge >= 0.3 is 0 Å². The molecule has 5 rings (SSSR count). The van der Waals surface area contributed by atoms with E-state index in [1.165, 1.54) is 11.3 Å². The van der Waals surface area contributed by atoms with Crippen LogP contribution in [0, 0.1) is 0 Å². The first kappa shape index (κ1) is 22.0. The molecule has 0 saturated carbocycles. The maximum atomic E-state index is 4.77. The maximum Gasteiger partial charge on any atom is 0.145 e. The lowest BCUT2D eigenvalue weighted by Crippen LogP contribution is -2.44. The molecular formula is C24H28ClN7. The van der Waals surface area contributed by atoms with Gasteiger partial charge in [-0.1, -0.05) is 18.2 Å². The Morgan fingerprint density at radius 2 is 1.81 bits per heavy atom. The molecule has 0 amide bonds. The van der Waals surface area contributed by atoms with Crippen LogP contribution in [0.1, 0.15) is 18.5 Å². The van der Waals surface area contributed by atoms with Gasteiger partial charge in [0, 0.05) is 43.6 Å². The lowest BCUT2D eigenvalue weighted by atomic mass is 10.1. The molecule has 166 valence electrons. The Morgan fingerprint density at radius 3 is 2.59 bits per heavy atom. The van der Waals surface area contributed by atoms with Crippen molar-refractivity contribution < 1.29 is 0 Å². The van der Waals surface area contributed by atoms with Crippen LogP contribution in [0.2, 0.25) is 0 Å². The number of rotatable bonds is 5. The second kappa shape index (κ2) is 9.54. The number of hydrogen-bond acceptors (Lipinski definition) is 6. The second-order valence-electron chi connectivity index (χ2n) is 8.20. The average Bonchev–Trinajstić information content (AvgIpc) is 3.34. The number of fused-ring (bicyclic) bond motifs is 1. The van der Waals surface area contributed by atoms with E-state index in [-0.39, 0.29) is 18.4 Å². The highest BCUT2D eigenvalue weighted by molar-refractivity contribution is 5.85. The maximum absolute atomic E-state index is 4.77. The summed E-state index contributed by atoms with van der Waals surface area (Å²) in [7, 11) is 2.18. The molecule has 0 unspecified atom stereocenters. The van der Waals surface area contributed by atoms with Crippen LogP contribution in [-0.2, 0) is 0 Å². The Morgan fingerprint density at radius 1 is 0.969 bits per heavy atom. The molecule has 1 fully saturated rings. The van der Waals surface area contributed by atoms with Gasteiger partial charge in [0.2, 0.25) is 0 Å². The van der Waals surface area contributed by atoms with Crippen molar-refractivity contribution in [3.63, 3.8) is 0 Å². The van der Waals surface area contributed by atoms with Crippen LogP contribution in [0.4, 0.5) is 11.5 Å². The van der Waals surface area contributed by atoms with Crippen molar-refractivity contribution in [2.45, 2.75) is 13.0 Å². The number of anilines is 2. The molecule has 0 spiro atoms. The summed E-state index contributed by atoms with van der Waals surface area (Å²) < 4.78 is 0. The SMILES string of the molecule is C[C@@H](Nc1cnc2cc(-c3cn[nH]c3)ccc2n1)c1cccc(N2CCN(C)CC2)c1.Cl. The molecule has 1 atom stereocenters. The number of piperazine rings is 1. The van der Waals surface area contributed by atoms with Gasteiger partial charge in [-0.05, 0) is 49.4 Å². The quantitative estimate of drug-likeness (QED) is 0.471. The molecule has 8 heteroatoms. The first-order valence-electron chi connectivity index (χ1n) is 10.7. The number of likely N-dealkylation sites (N-methyl/N-ethyl adjacent to an activating group) is 1. The fourth-order valence-electron chi connectivity index (χ4n) is 4.03. The Kier molecular flexibility index (Phi) is 6.58. The van der Waals surface area contributed by atoms with Crippen LogP contribution in [0.3, 0.4) is 0 Å². The van der Waals surface area contributed by atoms with Crippen LogP contribution < -0.4 is 10.2 Å². The van der Waals surface area contributed by atoms with E-state index in [4.69, 9.17) is 4.98 Å². The minimum Gasteiger partial charge on any atom is -0.369 e. The van der Waals surface area contributed by atoms with E-state index in [9.17, 15) is 0 Å². The summed E-state index contributed by atoms with van der Waals surface area (Å²) in [5, 5.41) is 10.4. The molecule has 3 heterocycles. The van der Waals surface area contributed by atoms with Crippen LogP contribution in [0.25, 0.3) is 22.2 Å². The zero-order valence-electron chi connectivity index (χ0n) is 18.3. The van der Waals surface area contributed by atoms with Crippen molar-refractivity contribution in [1.82, 2.24) is 25.1 Å². The molecule has 1 aliphatic heterocycles. The minimum absolute atomic E-state index is 0. The molecule has 32 heavy (non-hydrogen) atoms. The Bertz CT molecular complexity index is 1170. The van der Waals surface area contributed by atoms with E-state index < -0.39 is 0 Å². The standard InChI is InChI=1S/C24H27N7.ClH/c1-17(18-4-3-5-21(12-18)31-10-8-30(2)9-11-31)28-24-16-25-23-13-19(6-7-22(23)29-24)20-14-26-27-15-20;/h3-7,12-17H,8-11H2,1-2H3,(H,26,27)(H,28,29);1H/t17-;/m1./s1. The molecule has 4 aromatic rings. The molecule has 1 saturated heterocycles. The molecular weight excluding hydrogens is 422 g/mol. The van der Waals surface area contributed by atoms with Crippen molar-refractivity contribution >= 4 is 34.9 Å². The molecule has 0 radical (unpaired) electrons. The zero-order chi connectivity index (χ0) is 21.2. The number of nitrogens with zero attached hydrogens (tertiary/aromatic N) is 5. The number of halogens is 1. The van der Waals surface area contributed by atoms with E-state index >= 15 is 0 Å². The molecule has 2 aromatic heterocycles. The van der Waals surface area contributed by atoms with Gasteiger partial charge in [0.15, 0.2) is 0 Å². The van der Waals surface area contributed by atoms with Gasteiger partial charge in [-0.25, -0.2) is 4.98 Å². The average molecular weight is 450 g/mol. The van der Waals surface area contributed by atoms with Crippen molar-refractivity contribution in [3.05, 3.63) is 66.6 Å². The first-order valence-corrected chi connectivity index (χ1v) is 10.7. The predicted octanol–water partition coefficient (Wildman–Crippen LogP) is 4.37.